The van der Waals surface area contributed by atoms with Crippen LogP contribution in [-0.4, -0.2) is 19.3 Å². The molecule has 1 aliphatic rings. The number of aliphatic hydroxyl groups excluding tert-OH is 1. The Morgan fingerprint density at radius 2 is 1.75 bits per heavy atom. The third kappa shape index (κ3) is 1.57. The van der Waals surface area contributed by atoms with Gasteiger partial charge in [0.2, 0.25) is 0 Å². The van der Waals surface area contributed by atoms with E-state index >= 15 is 0 Å². The molecule has 0 aliphatic heterocycles. The maximum absolute atomic E-state index is 10.2. The minimum absolute atomic E-state index is 0.0912. The molecule has 0 aromatic heterocycles. The van der Waals surface area contributed by atoms with Gasteiger partial charge >= 0.3 is 0 Å². The molecule has 3 heteroatoms. The van der Waals surface area contributed by atoms with Gasteiger partial charge in [-0.1, -0.05) is 19.1 Å². The van der Waals surface area contributed by atoms with Gasteiger partial charge in [-0.2, -0.15) is 0 Å². The molecule has 0 fully saturated rings. The highest BCUT2D eigenvalue weighted by Gasteiger charge is 2.26. The molecule has 1 N–H and O–H groups in total. The standard InChI is InChI=1S/C13H16O3/c1-8-4-5-9-10(15-2)6-7-11(16-3)12(9)13(8)14/h4-8,13-14H,1-3H3/t8-,13+/m1/s1. The van der Waals surface area contributed by atoms with Crippen molar-refractivity contribution in [1.82, 2.24) is 0 Å². The van der Waals surface area contributed by atoms with Crippen molar-refractivity contribution >= 4 is 6.08 Å². The predicted octanol–water partition coefficient (Wildman–Crippen LogP) is 2.40. The van der Waals surface area contributed by atoms with E-state index in [9.17, 15) is 5.11 Å². The summed E-state index contributed by atoms with van der Waals surface area (Å²) in [5, 5.41) is 10.2. The molecule has 16 heavy (non-hydrogen) atoms. The van der Waals surface area contributed by atoms with E-state index in [4.69, 9.17) is 9.47 Å². The molecule has 0 saturated heterocycles. The molecule has 2 rings (SSSR count). The first kappa shape index (κ1) is 11.0. The number of ether oxygens (including phenoxy) is 2. The zero-order valence-corrected chi connectivity index (χ0v) is 9.73. The third-order valence-electron chi connectivity index (χ3n) is 3.01. The molecule has 1 aromatic carbocycles. The van der Waals surface area contributed by atoms with Gasteiger partial charge < -0.3 is 14.6 Å². The average molecular weight is 220 g/mol. The quantitative estimate of drug-likeness (QED) is 0.831. The minimum Gasteiger partial charge on any atom is -0.496 e. The van der Waals surface area contributed by atoms with Gasteiger partial charge in [0.15, 0.2) is 0 Å². The van der Waals surface area contributed by atoms with Gasteiger partial charge in [0, 0.05) is 17.0 Å². The fourth-order valence-corrected chi connectivity index (χ4v) is 2.05. The summed E-state index contributed by atoms with van der Waals surface area (Å²) in [6.07, 6.45) is 3.42. The summed E-state index contributed by atoms with van der Waals surface area (Å²) < 4.78 is 10.6. The van der Waals surface area contributed by atoms with Crippen LogP contribution in [0.1, 0.15) is 24.2 Å². The van der Waals surface area contributed by atoms with Crippen LogP contribution in [0, 0.1) is 5.92 Å². The Balaban J connectivity index is 2.64. The molecule has 1 aromatic rings. The molecular weight excluding hydrogens is 204 g/mol. The molecule has 3 nitrogen and oxygen atoms in total. The summed E-state index contributed by atoms with van der Waals surface area (Å²) >= 11 is 0. The maximum atomic E-state index is 10.2. The number of benzene rings is 1. The lowest BCUT2D eigenvalue weighted by molar-refractivity contribution is 0.134. The second-order valence-corrected chi connectivity index (χ2v) is 3.96. The van der Waals surface area contributed by atoms with Crippen LogP contribution in [0.15, 0.2) is 18.2 Å². The first-order valence-corrected chi connectivity index (χ1v) is 5.30. The lowest BCUT2D eigenvalue weighted by Gasteiger charge is -2.26. The summed E-state index contributed by atoms with van der Waals surface area (Å²) in [5.41, 5.74) is 1.73. The number of aliphatic hydroxyl groups is 1. The first-order valence-electron chi connectivity index (χ1n) is 5.30. The predicted molar refractivity (Wildman–Crippen MR) is 62.7 cm³/mol. The van der Waals surface area contributed by atoms with Crippen LogP contribution in [0.5, 0.6) is 11.5 Å². The molecular formula is C13H16O3. The highest BCUT2D eigenvalue weighted by Crippen LogP contribution is 2.42. The largest absolute Gasteiger partial charge is 0.496 e. The molecule has 1 aliphatic carbocycles. The first-order chi connectivity index (χ1) is 7.69. The number of hydrogen-bond donors (Lipinski definition) is 1. The van der Waals surface area contributed by atoms with Crippen molar-refractivity contribution in [2.75, 3.05) is 14.2 Å². The average Bonchev–Trinajstić information content (AvgIpc) is 2.32. The number of rotatable bonds is 2. The van der Waals surface area contributed by atoms with Crippen LogP contribution < -0.4 is 9.47 Å². The Hall–Kier alpha value is -1.48. The molecule has 0 heterocycles. The van der Waals surface area contributed by atoms with Crippen molar-refractivity contribution in [3.8, 4) is 11.5 Å². The summed E-state index contributed by atoms with van der Waals surface area (Å²) in [5.74, 6) is 1.56. The fraction of sp³-hybridized carbons (Fsp3) is 0.385. The second-order valence-electron chi connectivity index (χ2n) is 3.96. The van der Waals surface area contributed by atoms with Gasteiger partial charge in [-0.3, -0.25) is 0 Å². The van der Waals surface area contributed by atoms with Crippen LogP contribution in [0.25, 0.3) is 6.08 Å². The monoisotopic (exact) mass is 220 g/mol. The number of fused-ring (bicyclic) bond motifs is 1. The van der Waals surface area contributed by atoms with Crippen LogP contribution in [0.4, 0.5) is 0 Å². The Morgan fingerprint density at radius 1 is 1.12 bits per heavy atom. The molecule has 0 spiro atoms. The molecule has 2 atom stereocenters. The van der Waals surface area contributed by atoms with E-state index in [0.29, 0.717) is 5.75 Å². The van der Waals surface area contributed by atoms with E-state index in [1.807, 2.05) is 31.2 Å². The van der Waals surface area contributed by atoms with Crippen molar-refractivity contribution in [2.45, 2.75) is 13.0 Å². The Bertz CT molecular complexity index is 423. The van der Waals surface area contributed by atoms with Crippen LogP contribution in [-0.2, 0) is 0 Å². The van der Waals surface area contributed by atoms with E-state index in [0.717, 1.165) is 16.9 Å². The van der Waals surface area contributed by atoms with Crippen molar-refractivity contribution in [3.05, 3.63) is 29.3 Å². The summed E-state index contributed by atoms with van der Waals surface area (Å²) in [6, 6.07) is 3.68. The highest BCUT2D eigenvalue weighted by molar-refractivity contribution is 5.67. The summed E-state index contributed by atoms with van der Waals surface area (Å²) in [6.45, 7) is 1.98. The molecule has 86 valence electrons. The van der Waals surface area contributed by atoms with E-state index in [-0.39, 0.29) is 5.92 Å². The van der Waals surface area contributed by atoms with Gasteiger partial charge in [-0.25, -0.2) is 0 Å². The van der Waals surface area contributed by atoms with E-state index in [1.54, 1.807) is 14.2 Å². The molecule has 0 amide bonds. The minimum atomic E-state index is -0.537. The number of hydrogen-bond acceptors (Lipinski definition) is 3. The summed E-state index contributed by atoms with van der Waals surface area (Å²) in [7, 11) is 3.23. The van der Waals surface area contributed by atoms with Gasteiger partial charge in [-0.05, 0) is 12.1 Å². The van der Waals surface area contributed by atoms with Crippen LogP contribution in [0.3, 0.4) is 0 Å². The molecule has 0 radical (unpaired) electrons. The van der Waals surface area contributed by atoms with Crippen LogP contribution >= 0.6 is 0 Å². The van der Waals surface area contributed by atoms with Crippen molar-refractivity contribution in [2.24, 2.45) is 5.92 Å². The molecule has 0 saturated carbocycles. The highest BCUT2D eigenvalue weighted by atomic mass is 16.5. The fourth-order valence-electron chi connectivity index (χ4n) is 2.05. The smallest absolute Gasteiger partial charge is 0.126 e. The lowest BCUT2D eigenvalue weighted by atomic mass is 9.87. The Labute approximate surface area is 95.3 Å². The topological polar surface area (TPSA) is 38.7 Å². The summed E-state index contributed by atoms with van der Waals surface area (Å²) in [4.78, 5) is 0. The zero-order valence-electron chi connectivity index (χ0n) is 9.73. The van der Waals surface area contributed by atoms with Gasteiger partial charge in [0.05, 0.1) is 20.3 Å². The van der Waals surface area contributed by atoms with E-state index in [2.05, 4.69) is 0 Å². The van der Waals surface area contributed by atoms with Gasteiger partial charge in [0.1, 0.15) is 11.5 Å². The van der Waals surface area contributed by atoms with Crippen molar-refractivity contribution in [3.63, 3.8) is 0 Å². The molecule has 0 unspecified atom stereocenters. The maximum Gasteiger partial charge on any atom is 0.126 e. The van der Waals surface area contributed by atoms with Crippen molar-refractivity contribution < 1.29 is 14.6 Å². The Kier molecular flexibility index (Phi) is 2.88. The van der Waals surface area contributed by atoms with E-state index < -0.39 is 6.10 Å². The third-order valence-corrected chi connectivity index (χ3v) is 3.01. The lowest BCUT2D eigenvalue weighted by Crippen LogP contribution is -2.14. The van der Waals surface area contributed by atoms with Crippen LogP contribution in [0.2, 0.25) is 0 Å². The SMILES string of the molecule is COc1ccc(OC)c2c1C=C[C@@H](C)[C@@H]2O. The van der Waals surface area contributed by atoms with Crippen molar-refractivity contribution in [1.29, 1.82) is 0 Å². The van der Waals surface area contributed by atoms with Gasteiger partial charge in [0.25, 0.3) is 0 Å². The van der Waals surface area contributed by atoms with Gasteiger partial charge in [-0.15, -0.1) is 0 Å². The Morgan fingerprint density at radius 3 is 2.38 bits per heavy atom. The zero-order chi connectivity index (χ0) is 11.7. The normalized spacial score (nSPS) is 22.8. The molecule has 0 bridgehead atoms. The number of methoxy groups -OCH3 is 2. The second kappa shape index (κ2) is 4.18. The van der Waals surface area contributed by atoms with E-state index in [1.165, 1.54) is 0 Å².